The number of rotatable bonds is 2. The van der Waals surface area contributed by atoms with Gasteiger partial charge in [-0.15, -0.1) is 5.10 Å². The van der Waals surface area contributed by atoms with E-state index in [0.29, 0.717) is 0 Å². The van der Waals surface area contributed by atoms with Crippen LogP contribution in [0.4, 0.5) is 0 Å². The van der Waals surface area contributed by atoms with Crippen molar-refractivity contribution in [3.63, 3.8) is 0 Å². The Kier molecular flexibility index (Phi) is 2.88. The molecule has 94 valence electrons. The van der Waals surface area contributed by atoms with E-state index in [0.717, 1.165) is 28.2 Å². The van der Waals surface area contributed by atoms with Crippen LogP contribution in [0.2, 0.25) is 0 Å². The molecule has 19 heavy (non-hydrogen) atoms. The lowest BCUT2D eigenvalue weighted by molar-refractivity contribution is 0.742. The summed E-state index contributed by atoms with van der Waals surface area (Å²) in [5.41, 5.74) is 5.16. The third-order valence-corrected chi connectivity index (χ3v) is 3.16. The summed E-state index contributed by atoms with van der Waals surface area (Å²) in [6.07, 6.45) is 0. The van der Waals surface area contributed by atoms with Crippen LogP contribution >= 0.6 is 0 Å². The summed E-state index contributed by atoms with van der Waals surface area (Å²) in [5, 5.41) is 9.14. The maximum atomic E-state index is 4.62. The van der Waals surface area contributed by atoms with E-state index in [-0.39, 0.29) is 0 Å². The Balaban J connectivity index is 2.10. The molecule has 0 spiro atoms. The van der Waals surface area contributed by atoms with Crippen molar-refractivity contribution in [3.05, 3.63) is 65.9 Å². The van der Waals surface area contributed by atoms with Crippen molar-refractivity contribution in [1.82, 2.24) is 15.0 Å². The number of nitrogens with zero attached hydrogens (tertiary/aromatic N) is 3. The molecule has 3 rings (SSSR count). The van der Waals surface area contributed by atoms with Gasteiger partial charge in [-0.1, -0.05) is 48.5 Å². The molecule has 0 aliphatic carbocycles. The smallest absolute Gasteiger partial charge is 0.116 e. The first-order valence-electron chi connectivity index (χ1n) is 6.31. The van der Waals surface area contributed by atoms with E-state index in [2.05, 4.69) is 35.3 Å². The lowest BCUT2D eigenvalue weighted by Gasteiger charge is -2.02. The van der Waals surface area contributed by atoms with E-state index < -0.39 is 0 Å². The van der Waals surface area contributed by atoms with Crippen LogP contribution in [-0.4, -0.2) is 15.0 Å². The van der Waals surface area contributed by atoms with Crippen LogP contribution in [0, 0.1) is 13.8 Å². The maximum Gasteiger partial charge on any atom is 0.116 e. The maximum absolute atomic E-state index is 4.62. The second-order valence-electron chi connectivity index (χ2n) is 4.58. The molecule has 0 aliphatic rings. The van der Waals surface area contributed by atoms with Crippen LogP contribution in [0.1, 0.15) is 11.3 Å². The van der Waals surface area contributed by atoms with Gasteiger partial charge in [-0.2, -0.15) is 9.90 Å². The lowest BCUT2D eigenvalue weighted by Crippen LogP contribution is -2.01. The predicted molar refractivity (Wildman–Crippen MR) is 76.3 cm³/mol. The average Bonchev–Trinajstić information content (AvgIpc) is 2.82. The number of benzene rings is 2. The van der Waals surface area contributed by atoms with E-state index in [1.54, 1.807) is 4.80 Å². The van der Waals surface area contributed by atoms with E-state index in [1.807, 2.05) is 43.3 Å². The molecule has 0 N–H and O–H groups in total. The SMILES string of the molecule is Cc1ccccc1-n1nc(C)c(-c2ccccc2)n1. The Morgan fingerprint density at radius 3 is 2.21 bits per heavy atom. The van der Waals surface area contributed by atoms with E-state index in [1.165, 1.54) is 0 Å². The highest BCUT2D eigenvalue weighted by Crippen LogP contribution is 2.21. The van der Waals surface area contributed by atoms with Crippen LogP contribution in [0.25, 0.3) is 16.9 Å². The number of para-hydroxylation sites is 1. The number of hydrogen-bond donors (Lipinski definition) is 0. The molecule has 0 radical (unpaired) electrons. The zero-order valence-corrected chi connectivity index (χ0v) is 11.0. The van der Waals surface area contributed by atoms with Gasteiger partial charge in [0.2, 0.25) is 0 Å². The van der Waals surface area contributed by atoms with E-state index in [9.17, 15) is 0 Å². The molecule has 1 heterocycles. The molecule has 3 nitrogen and oxygen atoms in total. The topological polar surface area (TPSA) is 30.7 Å². The molecule has 0 bridgehead atoms. The van der Waals surface area contributed by atoms with Crippen molar-refractivity contribution in [1.29, 1.82) is 0 Å². The molecular weight excluding hydrogens is 234 g/mol. The first kappa shape index (κ1) is 11.7. The van der Waals surface area contributed by atoms with Gasteiger partial charge in [0.05, 0.1) is 11.4 Å². The zero-order chi connectivity index (χ0) is 13.2. The molecular formula is C16H15N3. The Morgan fingerprint density at radius 2 is 1.47 bits per heavy atom. The van der Waals surface area contributed by atoms with Crippen LogP contribution in [0.5, 0.6) is 0 Å². The van der Waals surface area contributed by atoms with Crippen molar-refractivity contribution in [2.75, 3.05) is 0 Å². The minimum atomic E-state index is 0.934. The van der Waals surface area contributed by atoms with Crippen molar-refractivity contribution >= 4 is 0 Å². The van der Waals surface area contributed by atoms with Crippen molar-refractivity contribution in [2.45, 2.75) is 13.8 Å². The molecule has 0 aliphatic heterocycles. The van der Waals surface area contributed by atoms with Gasteiger partial charge in [-0.05, 0) is 25.5 Å². The van der Waals surface area contributed by atoms with Gasteiger partial charge in [0, 0.05) is 5.56 Å². The molecule has 0 saturated heterocycles. The molecule has 3 aromatic rings. The van der Waals surface area contributed by atoms with Gasteiger partial charge in [0.15, 0.2) is 0 Å². The Morgan fingerprint density at radius 1 is 0.789 bits per heavy atom. The number of aromatic nitrogens is 3. The molecule has 1 aromatic heterocycles. The van der Waals surface area contributed by atoms with Crippen LogP contribution in [0.15, 0.2) is 54.6 Å². The summed E-state index contributed by atoms with van der Waals surface area (Å²) in [6, 6.07) is 18.3. The molecule has 0 fully saturated rings. The summed E-state index contributed by atoms with van der Waals surface area (Å²) in [5.74, 6) is 0. The van der Waals surface area contributed by atoms with Gasteiger partial charge in [0.25, 0.3) is 0 Å². The zero-order valence-electron chi connectivity index (χ0n) is 11.0. The van der Waals surface area contributed by atoms with Gasteiger partial charge in [-0.3, -0.25) is 0 Å². The Labute approximate surface area is 112 Å². The molecule has 0 atom stereocenters. The lowest BCUT2D eigenvalue weighted by atomic mass is 10.1. The minimum absolute atomic E-state index is 0.934. The summed E-state index contributed by atoms with van der Waals surface area (Å²) < 4.78 is 0. The highest BCUT2D eigenvalue weighted by atomic mass is 15.5. The molecule has 0 unspecified atom stereocenters. The standard InChI is InChI=1S/C16H15N3/c1-12-8-6-7-11-15(12)19-17-13(2)16(18-19)14-9-4-3-5-10-14/h3-11H,1-2H3. The van der Waals surface area contributed by atoms with Gasteiger partial charge in [0.1, 0.15) is 5.69 Å². The van der Waals surface area contributed by atoms with Gasteiger partial charge < -0.3 is 0 Å². The van der Waals surface area contributed by atoms with E-state index in [4.69, 9.17) is 0 Å². The molecule has 3 heteroatoms. The monoisotopic (exact) mass is 249 g/mol. The summed E-state index contributed by atoms with van der Waals surface area (Å²) in [7, 11) is 0. The Hall–Kier alpha value is -2.42. The molecule has 2 aromatic carbocycles. The largest absolute Gasteiger partial charge is 0.153 e. The average molecular weight is 249 g/mol. The fraction of sp³-hybridized carbons (Fsp3) is 0.125. The normalized spacial score (nSPS) is 10.6. The predicted octanol–water partition coefficient (Wildman–Crippen LogP) is 3.55. The van der Waals surface area contributed by atoms with Crippen molar-refractivity contribution < 1.29 is 0 Å². The number of aryl methyl sites for hydroxylation is 2. The fourth-order valence-corrected chi connectivity index (χ4v) is 2.14. The second kappa shape index (κ2) is 4.69. The first-order chi connectivity index (χ1) is 9.25. The van der Waals surface area contributed by atoms with Crippen LogP contribution in [0.3, 0.4) is 0 Å². The fourth-order valence-electron chi connectivity index (χ4n) is 2.14. The summed E-state index contributed by atoms with van der Waals surface area (Å²) in [6.45, 7) is 4.06. The van der Waals surface area contributed by atoms with Gasteiger partial charge >= 0.3 is 0 Å². The minimum Gasteiger partial charge on any atom is -0.153 e. The van der Waals surface area contributed by atoms with Gasteiger partial charge in [-0.25, -0.2) is 0 Å². The third kappa shape index (κ3) is 2.15. The van der Waals surface area contributed by atoms with E-state index >= 15 is 0 Å². The molecule has 0 amide bonds. The Bertz CT molecular complexity index is 699. The second-order valence-corrected chi connectivity index (χ2v) is 4.58. The van der Waals surface area contributed by atoms with Crippen molar-refractivity contribution in [2.24, 2.45) is 0 Å². The van der Waals surface area contributed by atoms with Crippen LogP contribution in [-0.2, 0) is 0 Å². The van der Waals surface area contributed by atoms with Crippen molar-refractivity contribution in [3.8, 4) is 16.9 Å². The summed E-state index contributed by atoms with van der Waals surface area (Å²) >= 11 is 0. The number of hydrogen-bond acceptors (Lipinski definition) is 2. The quantitative estimate of drug-likeness (QED) is 0.695. The van der Waals surface area contributed by atoms with Crippen LogP contribution < -0.4 is 0 Å². The molecule has 0 saturated carbocycles. The third-order valence-electron chi connectivity index (χ3n) is 3.16. The first-order valence-corrected chi connectivity index (χ1v) is 6.31. The summed E-state index contributed by atoms with van der Waals surface area (Å²) in [4.78, 5) is 1.72. The highest BCUT2D eigenvalue weighted by Gasteiger charge is 2.11. The highest BCUT2D eigenvalue weighted by molar-refractivity contribution is 5.61.